The summed E-state index contributed by atoms with van der Waals surface area (Å²) in [7, 11) is -4.09. The number of sulfonamides is 1. The minimum Gasteiger partial charge on any atom is -0.329 e. The van der Waals surface area contributed by atoms with Crippen LogP contribution in [-0.4, -0.2) is 31.9 Å². The Bertz CT molecular complexity index is 634. The highest BCUT2D eigenvalue weighted by Crippen LogP contribution is 2.35. The van der Waals surface area contributed by atoms with Crippen molar-refractivity contribution in [3.05, 3.63) is 28.8 Å². The lowest BCUT2D eigenvalue weighted by atomic mass is 10.2. The predicted molar refractivity (Wildman–Crippen MR) is 72.4 cm³/mol. The van der Waals surface area contributed by atoms with E-state index in [1.807, 2.05) is 0 Å². The van der Waals surface area contributed by atoms with Crippen LogP contribution in [0.2, 0.25) is 5.02 Å². The number of hydrogen-bond donors (Lipinski definition) is 1. The second-order valence-corrected chi connectivity index (χ2v) is 7.06. The Morgan fingerprint density at radius 2 is 2.05 bits per heavy atom. The maximum absolute atomic E-state index is 12.7. The van der Waals surface area contributed by atoms with E-state index in [9.17, 15) is 21.6 Å². The molecule has 0 aliphatic carbocycles. The highest BCUT2D eigenvalue weighted by atomic mass is 35.5. The number of rotatable bonds is 3. The topological polar surface area (TPSA) is 63.4 Å². The monoisotopic (exact) mass is 342 g/mol. The first-order valence-electron chi connectivity index (χ1n) is 6.26. The lowest BCUT2D eigenvalue weighted by Crippen LogP contribution is -2.40. The molecule has 0 aromatic heterocycles. The van der Waals surface area contributed by atoms with Gasteiger partial charge in [0.25, 0.3) is 0 Å². The van der Waals surface area contributed by atoms with Gasteiger partial charge in [0, 0.05) is 19.1 Å². The zero-order valence-corrected chi connectivity index (χ0v) is 12.5. The van der Waals surface area contributed by atoms with Gasteiger partial charge in [-0.2, -0.15) is 17.5 Å². The number of nitrogens with two attached hydrogens (primary N) is 1. The summed E-state index contributed by atoms with van der Waals surface area (Å²) in [4.78, 5) is -0.528. The smallest absolute Gasteiger partial charge is 0.329 e. The zero-order chi connectivity index (χ0) is 15.8. The molecule has 0 spiro atoms. The summed E-state index contributed by atoms with van der Waals surface area (Å²) in [6, 6.07) is 1.88. The first kappa shape index (κ1) is 16.5. The third-order valence-electron chi connectivity index (χ3n) is 3.44. The molecule has 118 valence electrons. The molecule has 1 aliphatic heterocycles. The Balaban J connectivity index is 2.49. The number of hydrogen-bond acceptors (Lipinski definition) is 3. The Morgan fingerprint density at radius 3 is 2.62 bits per heavy atom. The molecule has 1 aromatic carbocycles. The SMILES string of the molecule is NC[C@@H]1CCCN1S(=O)(=O)c1cc(C(F)(F)F)ccc1Cl. The molecule has 1 fully saturated rings. The maximum Gasteiger partial charge on any atom is 0.416 e. The second kappa shape index (κ2) is 5.75. The van der Waals surface area contributed by atoms with Crippen molar-refractivity contribution in [3.8, 4) is 0 Å². The maximum atomic E-state index is 12.7. The van der Waals surface area contributed by atoms with Crippen LogP contribution in [-0.2, 0) is 16.2 Å². The van der Waals surface area contributed by atoms with Crippen LogP contribution in [0.25, 0.3) is 0 Å². The van der Waals surface area contributed by atoms with Crippen LogP contribution < -0.4 is 5.73 Å². The Labute approximate surface area is 125 Å². The van der Waals surface area contributed by atoms with Crippen molar-refractivity contribution in [1.82, 2.24) is 4.31 Å². The van der Waals surface area contributed by atoms with E-state index in [-0.39, 0.29) is 18.1 Å². The van der Waals surface area contributed by atoms with E-state index < -0.39 is 32.7 Å². The molecule has 21 heavy (non-hydrogen) atoms. The minimum absolute atomic E-state index is 0.121. The first-order valence-corrected chi connectivity index (χ1v) is 8.08. The molecule has 1 aromatic rings. The Kier molecular flexibility index (Phi) is 4.53. The van der Waals surface area contributed by atoms with Gasteiger partial charge in [0.2, 0.25) is 10.0 Å². The molecule has 4 nitrogen and oxygen atoms in total. The number of halogens is 4. The van der Waals surface area contributed by atoms with Gasteiger partial charge >= 0.3 is 6.18 Å². The number of nitrogens with zero attached hydrogens (tertiary/aromatic N) is 1. The van der Waals surface area contributed by atoms with Gasteiger partial charge in [0.15, 0.2) is 0 Å². The molecule has 1 heterocycles. The van der Waals surface area contributed by atoms with Crippen molar-refractivity contribution in [3.63, 3.8) is 0 Å². The molecular weight excluding hydrogens is 329 g/mol. The molecule has 1 aliphatic rings. The average Bonchev–Trinajstić information content (AvgIpc) is 2.86. The van der Waals surface area contributed by atoms with Crippen LogP contribution in [0.1, 0.15) is 18.4 Å². The van der Waals surface area contributed by atoms with Gasteiger partial charge in [-0.05, 0) is 31.0 Å². The molecule has 0 radical (unpaired) electrons. The molecule has 2 rings (SSSR count). The fourth-order valence-corrected chi connectivity index (χ4v) is 4.57. The van der Waals surface area contributed by atoms with Gasteiger partial charge in [-0.3, -0.25) is 0 Å². The van der Waals surface area contributed by atoms with Crippen molar-refractivity contribution in [2.75, 3.05) is 13.1 Å². The van der Waals surface area contributed by atoms with E-state index in [1.165, 1.54) is 0 Å². The van der Waals surface area contributed by atoms with Gasteiger partial charge in [0.05, 0.1) is 10.6 Å². The van der Waals surface area contributed by atoms with Crippen LogP contribution in [0, 0.1) is 0 Å². The van der Waals surface area contributed by atoms with Crippen molar-refractivity contribution in [2.24, 2.45) is 5.73 Å². The van der Waals surface area contributed by atoms with Crippen LogP contribution in [0.3, 0.4) is 0 Å². The number of benzene rings is 1. The second-order valence-electron chi connectivity index (χ2n) is 4.79. The Hall–Kier alpha value is -0.830. The number of alkyl halides is 3. The third kappa shape index (κ3) is 3.18. The van der Waals surface area contributed by atoms with Crippen LogP contribution in [0.15, 0.2) is 23.1 Å². The summed E-state index contributed by atoms with van der Waals surface area (Å²) in [5, 5.41) is -0.231. The van der Waals surface area contributed by atoms with E-state index >= 15 is 0 Å². The van der Waals surface area contributed by atoms with Gasteiger partial charge in [-0.1, -0.05) is 11.6 Å². The quantitative estimate of drug-likeness (QED) is 0.917. The van der Waals surface area contributed by atoms with Crippen molar-refractivity contribution < 1.29 is 21.6 Å². The lowest BCUT2D eigenvalue weighted by molar-refractivity contribution is -0.137. The van der Waals surface area contributed by atoms with Crippen LogP contribution >= 0.6 is 11.6 Å². The van der Waals surface area contributed by atoms with E-state index in [4.69, 9.17) is 17.3 Å². The van der Waals surface area contributed by atoms with E-state index in [0.717, 1.165) is 16.4 Å². The predicted octanol–water partition coefficient (Wildman–Crippen LogP) is 2.47. The molecule has 1 atom stereocenters. The molecule has 9 heteroatoms. The summed E-state index contributed by atoms with van der Waals surface area (Å²) < 4.78 is 64.4. The minimum atomic E-state index is -4.63. The summed E-state index contributed by atoms with van der Waals surface area (Å²) >= 11 is 5.80. The molecule has 0 saturated carbocycles. The summed E-state index contributed by atoms with van der Waals surface area (Å²) in [6.45, 7) is 0.354. The molecule has 1 saturated heterocycles. The Morgan fingerprint density at radius 1 is 1.38 bits per heavy atom. The lowest BCUT2D eigenvalue weighted by Gasteiger charge is -2.23. The standard InChI is InChI=1S/C12H14ClF3N2O2S/c13-10-4-3-8(12(14,15)16)6-11(10)21(19,20)18-5-1-2-9(18)7-17/h3-4,6,9H,1-2,5,7,17H2/t9-/m0/s1. The average molecular weight is 343 g/mol. The highest BCUT2D eigenvalue weighted by Gasteiger charge is 2.38. The molecule has 0 amide bonds. The molecule has 0 bridgehead atoms. The largest absolute Gasteiger partial charge is 0.416 e. The van der Waals surface area contributed by atoms with E-state index in [1.54, 1.807) is 0 Å². The fraction of sp³-hybridized carbons (Fsp3) is 0.500. The molecule has 2 N–H and O–H groups in total. The van der Waals surface area contributed by atoms with Crippen molar-refractivity contribution in [2.45, 2.75) is 30.0 Å². The zero-order valence-electron chi connectivity index (χ0n) is 10.9. The molecular formula is C12H14ClF3N2O2S. The van der Waals surface area contributed by atoms with E-state index in [0.29, 0.717) is 18.9 Å². The van der Waals surface area contributed by atoms with E-state index in [2.05, 4.69) is 0 Å². The van der Waals surface area contributed by atoms with Crippen LogP contribution in [0.4, 0.5) is 13.2 Å². The van der Waals surface area contributed by atoms with Gasteiger partial charge < -0.3 is 5.73 Å². The summed E-state index contributed by atoms with van der Waals surface area (Å²) in [6.07, 6.45) is -3.42. The van der Waals surface area contributed by atoms with Gasteiger partial charge in [-0.25, -0.2) is 8.42 Å². The normalized spacial score (nSPS) is 20.9. The van der Waals surface area contributed by atoms with Crippen LogP contribution in [0.5, 0.6) is 0 Å². The van der Waals surface area contributed by atoms with Gasteiger partial charge in [-0.15, -0.1) is 0 Å². The third-order valence-corrected chi connectivity index (χ3v) is 5.87. The van der Waals surface area contributed by atoms with Gasteiger partial charge in [0.1, 0.15) is 4.90 Å². The van der Waals surface area contributed by atoms with Crippen molar-refractivity contribution in [1.29, 1.82) is 0 Å². The summed E-state index contributed by atoms with van der Waals surface area (Å²) in [5.74, 6) is 0. The van der Waals surface area contributed by atoms with Crippen molar-refractivity contribution >= 4 is 21.6 Å². The first-order chi connectivity index (χ1) is 9.67. The summed E-state index contributed by atoms with van der Waals surface area (Å²) in [5.41, 5.74) is 4.47. The molecule has 0 unspecified atom stereocenters. The highest BCUT2D eigenvalue weighted by molar-refractivity contribution is 7.89. The fourth-order valence-electron chi connectivity index (χ4n) is 2.36.